The van der Waals surface area contributed by atoms with Crippen molar-refractivity contribution in [2.45, 2.75) is 6.92 Å². The molecule has 136 valence electrons. The number of aryl methyl sites for hydroxylation is 1. The molecule has 7 heteroatoms. The van der Waals surface area contributed by atoms with Crippen molar-refractivity contribution in [2.75, 3.05) is 0 Å². The minimum atomic E-state index is 0.652. The van der Waals surface area contributed by atoms with Gasteiger partial charge < -0.3 is 0 Å². The van der Waals surface area contributed by atoms with Crippen LogP contribution in [-0.4, -0.2) is 29.6 Å². The van der Waals surface area contributed by atoms with Crippen LogP contribution in [0.5, 0.6) is 0 Å². The van der Waals surface area contributed by atoms with Gasteiger partial charge in [-0.15, -0.1) is 15.3 Å². The highest BCUT2D eigenvalue weighted by atomic mass is 35.5. The van der Waals surface area contributed by atoms with Crippen molar-refractivity contribution in [3.05, 3.63) is 83.5 Å². The fourth-order valence-electron chi connectivity index (χ4n) is 3.16. The SMILES string of the molecule is Cc1cc(-c2ccccc2)n(-c2ccc3nnc(-c4ccc(Cl)cc4)n3n2)n1. The molecule has 0 aliphatic rings. The van der Waals surface area contributed by atoms with Crippen molar-refractivity contribution in [3.63, 3.8) is 0 Å². The van der Waals surface area contributed by atoms with Crippen LogP contribution in [0, 0.1) is 6.92 Å². The lowest BCUT2D eigenvalue weighted by molar-refractivity contribution is 0.791. The average molecular weight is 387 g/mol. The molecule has 0 saturated carbocycles. The summed E-state index contributed by atoms with van der Waals surface area (Å²) in [6.07, 6.45) is 0. The molecule has 0 aliphatic carbocycles. The maximum Gasteiger partial charge on any atom is 0.185 e. The monoisotopic (exact) mass is 386 g/mol. The third-order valence-corrected chi connectivity index (χ3v) is 4.72. The first-order chi connectivity index (χ1) is 13.7. The summed E-state index contributed by atoms with van der Waals surface area (Å²) in [5.74, 6) is 1.34. The van der Waals surface area contributed by atoms with E-state index in [4.69, 9.17) is 16.7 Å². The highest BCUT2D eigenvalue weighted by Gasteiger charge is 2.14. The normalized spacial score (nSPS) is 11.2. The fraction of sp³-hybridized carbons (Fsp3) is 0.0476. The van der Waals surface area contributed by atoms with E-state index < -0.39 is 0 Å². The van der Waals surface area contributed by atoms with Crippen molar-refractivity contribution in [1.82, 2.24) is 29.6 Å². The van der Waals surface area contributed by atoms with E-state index in [-0.39, 0.29) is 0 Å². The van der Waals surface area contributed by atoms with E-state index in [1.165, 1.54) is 0 Å². The van der Waals surface area contributed by atoms with Crippen molar-refractivity contribution in [2.24, 2.45) is 0 Å². The second-order valence-electron chi connectivity index (χ2n) is 6.44. The van der Waals surface area contributed by atoms with Gasteiger partial charge in [0.1, 0.15) is 0 Å². The molecule has 0 saturated heterocycles. The third kappa shape index (κ3) is 2.84. The molecule has 0 N–H and O–H groups in total. The van der Waals surface area contributed by atoms with Crippen LogP contribution in [0.25, 0.3) is 34.1 Å². The lowest BCUT2D eigenvalue weighted by atomic mass is 10.1. The maximum absolute atomic E-state index is 6.00. The van der Waals surface area contributed by atoms with Gasteiger partial charge in [-0.2, -0.15) is 9.61 Å². The molecule has 28 heavy (non-hydrogen) atoms. The maximum atomic E-state index is 6.00. The Kier molecular flexibility index (Phi) is 3.91. The Hall–Kier alpha value is -3.51. The van der Waals surface area contributed by atoms with Crippen molar-refractivity contribution in [1.29, 1.82) is 0 Å². The summed E-state index contributed by atoms with van der Waals surface area (Å²) in [7, 11) is 0. The number of hydrogen-bond donors (Lipinski definition) is 0. The summed E-state index contributed by atoms with van der Waals surface area (Å²) in [5, 5.41) is 18.6. The number of rotatable bonds is 3. The number of hydrogen-bond acceptors (Lipinski definition) is 4. The molecule has 5 rings (SSSR count). The van der Waals surface area contributed by atoms with Crippen LogP contribution in [0.1, 0.15) is 5.69 Å². The van der Waals surface area contributed by atoms with Gasteiger partial charge in [0.2, 0.25) is 0 Å². The van der Waals surface area contributed by atoms with Crippen LogP contribution >= 0.6 is 11.6 Å². The van der Waals surface area contributed by atoms with Gasteiger partial charge in [-0.05, 0) is 49.4 Å². The Labute approximate surface area is 166 Å². The predicted octanol–water partition coefficient (Wildman–Crippen LogP) is 4.61. The molecule has 3 aromatic heterocycles. The van der Waals surface area contributed by atoms with Crippen molar-refractivity contribution >= 4 is 17.2 Å². The molecule has 0 aliphatic heterocycles. The molecule has 0 amide bonds. The lowest BCUT2D eigenvalue weighted by Crippen LogP contribution is -2.06. The highest BCUT2D eigenvalue weighted by molar-refractivity contribution is 6.30. The molecule has 0 fully saturated rings. The van der Waals surface area contributed by atoms with E-state index in [0.29, 0.717) is 22.3 Å². The lowest BCUT2D eigenvalue weighted by Gasteiger charge is -2.07. The van der Waals surface area contributed by atoms with Gasteiger partial charge in [0.15, 0.2) is 17.3 Å². The van der Waals surface area contributed by atoms with E-state index >= 15 is 0 Å². The fourth-order valence-corrected chi connectivity index (χ4v) is 3.29. The molecule has 0 unspecified atom stereocenters. The number of nitrogens with zero attached hydrogens (tertiary/aromatic N) is 6. The largest absolute Gasteiger partial charge is 0.213 e. The first-order valence-electron chi connectivity index (χ1n) is 8.80. The van der Waals surface area contributed by atoms with E-state index in [1.807, 2.05) is 72.3 Å². The second kappa shape index (κ2) is 6.58. The first kappa shape index (κ1) is 16.6. The summed E-state index contributed by atoms with van der Waals surface area (Å²) < 4.78 is 3.57. The Morgan fingerprint density at radius 3 is 2.36 bits per heavy atom. The first-order valence-corrected chi connectivity index (χ1v) is 9.18. The van der Waals surface area contributed by atoms with Crippen LogP contribution in [0.4, 0.5) is 0 Å². The van der Waals surface area contributed by atoms with Gasteiger partial charge in [-0.25, -0.2) is 4.68 Å². The Bertz CT molecular complexity index is 1270. The zero-order valence-corrected chi connectivity index (χ0v) is 15.7. The molecule has 0 radical (unpaired) electrons. The molecule has 3 heterocycles. The van der Waals surface area contributed by atoms with E-state index in [9.17, 15) is 0 Å². The quantitative estimate of drug-likeness (QED) is 0.454. The number of benzene rings is 2. The number of fused-ring (bicyclic) bond motifs is 1. The molecular weight excluding hydrogens is 372 g/mol. The summed E-state index contributed by atoms with van der Waals surface area (Å²) in [6.45, 7) is 1.97. The van der Waals surface area contributed by atoms with Crippen LogP contribution in [0.3, 0.4) is 0 Å². The smallest absolute Gasteiger partial charge is 0.185 e. The molecule has 6 nitrogen and oxygen atoms in total. The van der Waals surface area contributed by atoms with Crippen LogP contribution in [0.2, 0.25) is 5.02 Å². The number of aromatic nitrogens is 6. The topological polar surface area (TPSA) is 60.9 Å². The van der Waals surface area contributed by atoms with E-state index in [1.54, 1.807) is 4.52 Å². The molecule has 2 aromatic carbocycles. The zero-order valence-electron chi connectivity index (χ0n) is 15.0. The summed E-state index contributed by atoms with van der Waals surface area (Å²) in [4.78, 5) is 0. The molecular formula is C21H15ClN6. The van der Waals surface area contributed by atoms with Gasteiger partial charge in [0, 0.05) is 16.1 Å². The van der Waals surface area contributed by atoms with Gasteiger partial charge in [0.05, 0.1) is 11.4 Å². The zero-order chi connectivity index (χ0) is 19.1. The number of halogens is 1. The van der Waals surface area contributed by atoms with Crippen LogP contribution < -0.4 is 0 Å². The molecule has 0 atom stereocenters. The summed E-state index contributed by atoms with van der Waals surface area (Å²) in [6, 6.07) is 23.4. The Morgan fingerprint density at radius 1 is 0.786 bits per heavy atom. The third-order valence-electron chi connectivity index (χ3n) is 4.47. The second-order valence-corrected chi connectivity index (χ2v) is 6.88. The van der Waals surface area contributed by atoms with Crippen LogP contribution in [0.15, 0.2) is 72.8 Å². The summed E-state index contributed by atoms with van der Waals surface area (Å²) in [5.41, 5.74) is 4.53. The minimum Gasteiger partial charge on any atom is -0.213 e. The highest BCUT2D eigenvalue weighted by Crippen LogP contribution is 2.24. The Balaban J connectivity index is 1.67. The molecule has 5 aromatic rings. The molecule has 0 spiro atoms. The van der Waals surface area contributed by atoms with Gasteiger partial charge >= 0.3 is 0 Å². The van der Waals surface area contributed by atoms with Gasteiger partial charge in [0.25, 0.3) is 0 Å². The summed E-state index contributed by atoms with van der Waals surface area (Å²) >= 11 is 6.00. The van der Waals surface area contributed by atoms with E-state index in [0.717, 1.165) is 22.5 Å². The minimum absolute atomic E-state index is 0.652. The predicted molar refractivity (Wildman–Crippen MR) is 109 cm³/mol. The standard InChI is InChI=1S/C21H15ClN6/c1-14-13-18(15-5-3-2-4-6-15)27(25-14)20-12-11-19-23-24-21(28(19)26-20)16-7-9-17(22)10-8-16/h2-13H,1H3. The van der Waals surface area contributed by atoms with Gasteiger partial charge in [-0.1, -0.05) is 41.9 Å². The van der Waals surface area contributed by atoms with E-state index in [2.05, 4.69) is 27.4 Å². The van der Waals surface area contributed by atoms with Crippen molar-refractivity contribution < 1.29 is 0 Å². The van der Waals surface area contributed by atoms with Crippen molar-refractivity contribution in [3.8, 4) is 28.5 Å². The van der Waals surface area contributed by atoms with Crippen LogP contribution in [-0.2, 0) is 0 Å². The van der Waals surface area contributed by atoms with Gasteiger partial charge in [-0.3, -0.25) is 0 Å². The average Bonchev–Trinajstić information content (AvgIpc) is 3.32. The molecule has 0 bridgehead atoms. The Morgan fingerprint density at radius 2 is 1.57 bits per heavy atom.